The highest BCUT2D eigenvalue weighted by molar-refractivity contribution is 7.80. The number of thiol groups is 1. The number of ether oxygens (including phenoxy) is 2. The lowest BCUT2D eigenvalue weighted by atomic mass is 10.0. The summed E-state index contributed by atoms with van der Waals surface area (Å²) in [6.45, 7) is 0. The average Bonchev–Trinajstić information content (AvgIpc) is 2.17. The third-order valence-corrected chi connectivity index (χ3v) is 1.94. The molecule has 0 aromatic heterocycles. The molecule has 0 rings (SSSR count). The predicted octanol–water partition coefficient (Wildman–Crippen LogP) is 0.659. The van der Waals surface area contributed by atoms with Gasteiger partial charge in [0.05, 0.1) is 14.2 Å². The van der Waals surface area contributed by atoms with Crippen molar-refractivity contribution < 1.29 is 19.1 Å². The highest BCUT2D eigenvalue weighted by Gasteiger charge is 2.27. The van der Waals surface area contributed by atoms with Crippen molar-refractivity contribution in [3.8, 4) is 0 Å². The number of hydrogen-bond acceptors (Lipinski definition) is 5. The van der Waals surface area contributed by atoms with Crippen molar-refractivity contribution in [2.75, 3.05) is 20.0 Å². The van der Waals surface area contributed by atoms with Crippen LogP contribution in [0.3, 0.4) is 0 Å². The van der Waals surface area contributed by atoms with Gasteiger partial charge < -0.3 is 9.47 Å². The zero-order valence-corrected chi connectivity index (χ0v) is 8.67. The van der Waals surface area contributed by atoms with E-state index in [1.165, 1.54) is 14.2 Å². The number of carbonyl (C=O) groups is 2. The molecule has 0 unspecified atom stereocenters. The minimum absolute atomic E-state index is 0.419. The third kappa shape index (κ3) is 4.17. The van der Waals surface area contributed by atoms with E-state index in [2.05, 4.69) is 22.1 Å². The second-order valence-electron chi connectivity index (χ2n) is 2.46. The van der Waals surface area contributed by atoms with Crippen LogP contribution in [0.4, 0.5) is 0 Å². The molecule has 4 nitrogen and oxygen atoms in total. The Kier molecular flexibility index (Phi) is 6.40. The van der Waals surface area contributed by atoms with Gasteiger partial charge >= 0.3 is 11.9 Å². The zero-order valence-electron chi connectivity index (χ0n) is 7.78. The van der Waals surface area contributed by atoms with Crippen molar-refractivity contribution in [2.24, 2.45) is 5.92 Å². The Morgan fingerprint density at radius 3 is 2.00 bits per heavy atom. The molecule has 5 heteroatoms. The van der Waals surface area contributed by atoms with Gasteiger partial charge in [0.1, 0.15) is 0 Å². The van der Waals surface area contributed by atoms with E-state index in [1.807, 2.05) is 0 Å². The Morgan fingerprint density at radius 2 is 1.69 bits per heavy atom. The first-order valence-electron chi connectivity index (χ1n) is 3.93. The Morgan fingerprint density at radius 1 is 1.23 bits per heavy atom. The van der Waals surface area contributed by atoms with E-state index in [0.717, 1.165) is 0 Å². The van der Waals surface area contributed by atoms with E-state index in [-0.39, 0.29) is 0 Å². The molecule has 0 fully saturated rings. The van der Waals surface area contributed by atoms with Gasteiger partial charge in [-0.15, -0.1) is 0 Å². The molecule has 0 spiro atoms. The maximum atomic E-state index is 11.1. The van der Waals surface area contributed by atoms with Crippen molar-refractivity contribution in [1.82, 2.24) is 0 Å². The summed E-state index contributed by atoms with van der Waals surface area (Å²) in [6, 6.07) is 0. The molecule has 13 heavy (non-hydrogen) atoms. The van der Waals surface area contributed by atoms with Crippen LogP contribution in [0.25, 0.3) is 0 Å². The Hall–Kier alpha value is -0.710. The Bertz CT molecular complexity index is 165. The standard InChI is InChI=1S/C8H14O4S/c1-11-7(9)6(4-3-5-13)8(10)12-2/h6,13H,3-5H2,1-2H3. The fourth-order valence-corrected chi connectivity index (χ4v) is 1.09. The van der Waals surface area contributed by atoms with Gasteiger partial charge in [-0.25, -0.2) is 0 Å². The predicted molar refractivity (Wildman–Crippen MR) is 50.6 cm³/mol. The quantitative estimate of drug-likeness (QED) is 0.408. The molecule has 0 radical (unpaired) electrons. The summed E-state index contributed by atoms with van der Waals surface area (Å²) < 4.78 is 8.94. The van der Waals surface area contributed by atoms with Gasteiger partial charge in [0, 0.05) is 0 Å². The van der Waals surface area contributed by atoms with E-state index in [4.69, 9.17) is 0 Å². The van der Waals surface area contributed by atoms with Gasteiger partial charge in [-0.2, -0.15) is 12.6 Å². The first-order chi connectivity index (χ1) is 6.17. The molecule has 0 bridgehead atoms. The van der Waals surface area contributed by atoms with Gasteiger partial charge in [-0.1, -0.05) is 0 Å². The van der Waals surface area contributed by atoms with Crippen molar-refractivity contribution in [1.29, 1.82) is 0 Å². The van der Waals surface area contributed by atoms with Crippen LogP contribution in [0.1, 0.15) is 12.8 Å². The molecule has 0 heterocycles. The second kappa shape index (κ2) is 6.77. The monoisotopic (exact) mass is 206 g/mol. The number of methoxy groups -OCH3 is 2. The van der Waals surface area contributed by atoms with Crippen LogP contribution in [-0.4, -0.2) is 31.9 Å². The number of carbonyl (C=O) groups excluding carboxylic acids is 2. The van der Waals surface area contributed by atoms with E-state index in [9.17, 15) is 9.59 Å². The van der Waals surface area contributed by atoms with Crippen molar-refractivity contribution in [3.63, 3.8) is 0 Å². The molecule has 0 amide bonds. The highest BCUT2D eigenvalue weighted by atomic mass is 32.1. The molecule has 0 aliphatic heterocycles. The minimum atomic E-state index is -0.804. The molecule has 0 N–H and O–H groups in total. The SMILES string of the molecule is COC(=O)C(CCCS)C(=O)OC. The van der Waals surface area contributed by atoms with Crippen molar-refractivity contribution in [3.05, 3.63) is 0 Å². The minimum Gasteiger partial charge on any atom is -0.468 e. The van der Waals surface area contributed by atoms with Gasteiger partial charge in [0.25, 0.3) is 0 Å². The van der Waals surface area contributed by atoms with Crippen LogP contribution in [0.2, 0.25) is 0 Å². The van der Waals surface area contributed by atoms with Crippen LogP contribution in [0, 0.1) is 5.92 Å². The first kappa shape index (κ1) is 12.3. The summed E-state index contributed by atoms with van der Waals surface area (Å²) >= 11 is 3.99. The van der Waals surface area contributed by atoms with E-state index < -0.39 is 17.9 Å². The third-order valence-electron chi connectivity index (χ3n) is 1.62. The highest BCUT2D eigenvalue weighted by Crippen LogP contribution is 2.10. The average molecular weight is 206 g/mol. The molecular weight excluding hydrogens is 192 g/mol. The molecule has 0 atom stereocenters. The maximum absolute atomic E-state index is 11.1. The molecule has 0 saturated heterocycles. The van der Waals surface area contributed by atoms with E-state index in [0.29, 0.717) is 18.6 Å². The normalized spacial score (nSPS) is 9.85. The summed E-state index contributed by atoms with van der Waals surface area (Å²) in [7, 11) is 2.50. The fourth-order valence-electron chi connectivity index (χ4n) is 0.912. The van der Waals surface area contributed by atoms with Gasteiger partial charge in [-0.3, -0.25) is 9.59 Å². The van der Waals surface area contributed by atoms with E-state index >= 15 is 0 Å². The molecule has 76 valence electrons. The second-order valence-corrected chi connectivity index (χ2v) is 2.91. The van der Waals surface area contributed by atoms with Crippen LogP contribution in [-0.2, 0) is 19.1 Å². The zero-order chi connectivity index (χ0) is 10.3. The summed E-state index contributed by atoms with van der Waals surface area (Å²) in [5, 5.41) is 0. The maximum Gasteiger partial charge on any atom is 0.320 e. The molecule has 0 aromatic carbocycles. The molecule has 0 aliphatic rings. The number of hydrogen-bond donors (Lipinski definition) is 1. The largest absolute Gasteiger partial charge is 0.468 e. The van der Waals surface area contributed by atoms with Crippen LogP contribution < -0.4 is 0 Å². The topological polar surface area (TPSA) is 52.6 Å². The summed E-state index contributed by atoms with van der Waals surface area (Å²) in [5.41, 5.74) is 0. The molecule has 0 saturated carbocycles. The van der Waals surface area contributed by atoms with Crippen LogP contribution >= 0.6 is 12.6 Å². The van der Waals surface area contributed by atoms with Crippen molar-refractivity contribution >= 4 is 24.6 Å². The first-order valence-corrected chi connectivity index (χ1v) is 4.57. The smallest absolute Gasteiger partial charge is 0.320 e. The molecular formula is C8H14O4S. The fraction of sp³-hybridized carbons (Fsp3) is 0.750. The van der Waals surface area contributed by atoms with Crippen LogP contribution in [0.5, 0.6) is 0 Å². The lowest BCUT2D eigenvalue weighted by Crippen LogP contribution is -2.26. The summed E-state index contributed by atoms with van der Waals surface area (Å²) in [6.07, 6.45) is 1.10. The lowest BCUT2D eigenvalue weighted by molar-refractivity contribution is -0.159. The number of esters is 2. The summed E-state index contributed by atoms with van der Waals surface area (Å²) in [5.74, 6) is -1.27. The Labute approximate surface area is 83.0 Å². The molecule has 0 aliphatic carbocycles. The van der Waals surface area contributed by atoms with Crippen LogP contribution in [0.15, 0.2) is 0 Å². The lowest BCUT2D eigenvalue weighted by Gasteiger charge is -2.10. The van der Waals surface area contributed by atoms with Crippen molar-refractivity contribution in [2.45, 2.75) is 12.8 Å². The van der Waals surface area contributed by atoms with Gasteiger partial charge in [0.2, 0.25) is 0 Å². The number of rotatable bonds is 5. The van der Waals surface area contributed by atoms with Gasteiger partial charge in [0.15, 0.2) is 5.92 Å². The van der Waals surface area contributed by atoms with Gasteiger partial charge in [-0.05, 0) is 18.6 Å². The molecule has 0 aromatic rings. The van der Waals surface area contributed by atoms with E-state index in [1.54, 1.807) is 0 Å². The summed E-state index contributed by atoms with van der Waals surface area (Å²) in [4.78, 5) is 22.1. The Balaban J connectivity index is 4.18.